The Morgan fingerprint density at radius 2 is 1.53 bits per heavy atom. The number of hydrogen-bond donors (Lipinski definition) is 4. The maximum atomic E-state index is 14.1. The van der Waals surface area contributed by atoms with Crippen molar-refractivity contribution in [1.82, 2.24) is 40.4 Å². The van der Waals surface area contributed by atoms with Crippen molar-refractivity contribution < 1.29 is 28.7 Å². The van der Waals surface area contributed by atoms with Crippen LogP contribution in [0.5, 0.6) is 0 Å². The van der Waals surface area contributed by atoms with E-state index in [-0.39, 0.29) is 41.8 Å². The molecule has 9 atom stereocenters. The Kier molecular flexibility index (Phi) is 14.6. The van der Waals surface area contributed by atoms with Gasteiger partial charge < -0.3 is 39.9 Å². The number of likely N-dealkylation sites (tertiary alicyclic amines) is 2. The van der Waals surface area contributed by atoms with Gasteiger partial charge in [0.15, 0.2) is 0 Å². The van der Waals surface area contributed by atoms with Gasteiger partial charge in [-0.2, -0.15) is 0 Å². The summed E-state index contributed by atoms with van der Waals surface area (Å²) in [6, 6.07) is 13.2. The van der Waals surface area contributed by atoms with Gasteiger partial charge in [0.1, 0.15) is 23.7 Å². The molecule has 1 saturated carbocycles. The molecule has 2 saturated heterocycles. The van der Waals surface area contributed by atoms with Crippen LogP contribution in [0.4, 0.5) is 9.59 Å². The highest BCUT2D eigenvalue weighted by Gasteiger charge is 2.43. The first-order valence-electron chi connectivity index (χ1n) is 24.8. The van der Waals surface area contributed by atoms with Crippen LogP contribution in [0.15, 0.2) is 73.0 Å². The van der Waals surface area contributed by atoms with E-state index in [1.807, 2.05) is 43.7 Å². The second-order valence-corrected chi connectivity index (χ2v) is 20.1. The zero-order chi connectivity index (χ0) is 48.4. The van der Waals surface area contributed by atoms with Crippen molar-refractivity contribution in [3.8, 4) is 11.3 Å². The summed E-state index contributed by atoms with van der Waals surface area (Å²) in [7, 11) is 2.62. The molecule has 8 rings (SSSR count). The van der Waals surface area contributed by atoms with Crippen LogP contribution in [0, 0.1) is 29.6 Å². The summed E-state index contributed by atoms with van der Waals surface area (Å²) in [4.78, 5) is 73.5. The molecule has 68 heavy (non-hydrogen) atoms. The molecule has 4 amide bonds. The van der Waals surface area contributed by atoms with Crippen molar-refractivity contribution in [2.75, 3.05) is 20.8 Å². The second-order valence-electron chi connectivity index (χ2n) is 20.1. The van der Waals surface area contributed by atoms with Crippen molar-refractivity contribution in [2.24, 2.45) is 29.6 Å². The number of alkyl carbamates (subject to hydrolysis) is 2. The first-order chi connectivity index (χ1) is 32.7. The van der Waals surface area contributed by atoms with E-state index >= 15 is 0 Å². The van der Waals surface area contributed by atoms with Gasteiger partial charge in [0.05, 0.1) is 49.2 Å². The average molecular weight is 927 g/mol. The quantitative estimate of drug-likeness (QED) is 0.102. The van der Waals surface area contributed by atoms with Crippen molar-refractivity contribution in [3.05, 3.63) is 95.7 Å². The fraction of sp³-hybridized carbons (Fsp3) is 0.519. The number of carbonyl (C=O) groups excluding carboxylic acids is 4. The van der Waals surface area contributed by atoms with E-state index in [0.29, 0.717) is 24.3 Å². The first-order valence-corrected chi connectivity index (χ1v) is 24.8. The lowest BCUT2D eigenvalue weighted by Gasteiger charge is -2.32. The van der Waals surface area contributed by atoms with Gasteiger partial charge in [-0.05, 0) is 127 Å². The van der Waals surface area contributed by atoms with Crippen LogP contribution in [0.3, 0.4) is 0 Å². The van der Waals surface area contributed by atoms with Gasteiger partial charge in [-0.25, -0.2) is 19.6 Å². The van der Waals surface area contributed by atoms with Crippen LogP contribution in [-0.4, -0.2) is 92.6 Å². The Labute approximate surface area is 400 Å². The molecule has 2 unspecified atom stereocenters. The number of nitrogens with one attached hydrogen (secondary N) is 4. The molecule has 4 N–H and O–H groups in total. The summed E-state index contributed by atoms with van der Waals surface area (Å²) in [5.41, 5.74) is 9.48. The fourth-order valence-electron chi connectivity index (χ4n) is 11.1. The number of aromatic nitrogens is 4. The molecule has 2 aliphatic heterocycles. The smallest absolute Gasteiger partial charge is 0.407 e. The number of hydrogen-bond acceptors (Lipinski definition) is 8. The fourth-order valence-corrected chi connectivity index (χ4v) is 11.1. The van der Waals surface area contributed by atoms with E-state index in [0.717, 1.165) is 108 Å². The zero-order valence-corrected chi connectivity index (χ0v) is 41.1. The van der Waals surface area contributed by atoms with E-state index in [1.54, 1.807) is 0 Å². The summed E-state index contributed by atoms with van der Waals surface area (Å²) in [6.45, 7) is 17.4. The predicted octanol–water partition coefficient (Wildman–Crippen LogP) is 10.3. The first kappa shape index (κ1) is 48.3. The predicted molar refractivity (Wildman–Crippen MR) is 265 cm³/mol. The molecule has 4 heterocycles. The molecule has 4 aliphatic rings. The number of allylic oxidation sites excluding steroid dienone is 5. The number of aromatic amines is 2. The SMILES string of the molecule is C=C1/C(c2ccc(-c3cnc([C@@H]4C[C@H](CC)CN4C(=O)[C@@H](NC(=O)OC)[C@@H](C)CC)[nH]3)cc2)=C\C=C(\c2ccc3nc([C@@H]4CC[C@H](C)N4C(=O)[C@@H](NC(=O)OC)C(C)C)[nH]c3c2)CC2CCC1C2. The summed E-state index contributed by atoms with van der Waals surface area (Å²) >= 11 is 0. The molecular weight excluding hydrogens is 857 g/mol. The van der Waals surface area contributed by atoms with Crippen LogP contribution >= 0.6 is 0 Å². The molecule has 3 fully saturated rings. The summed E-state index contributed by atoms with van der Waals surface area (Å²) in [5.74, 6) is 2.36. The molecule has 2 aromatic carbocycles. The molecule has 2 aromatic heterocycles. The summed E-state index contributed by atoms with van der Waals surface area (Å²) in [5, 5.41) is 5.56. The molecule has 362 valence electrons. The van der Waals surface area contributed by atoms with Crippen molar-refractivity contribution >= 4 is 46.2 Å². The maximum Gasteiger partial charge on any atom is 0.407 e. The average Bonchev–Trinajstić information content (AvgIpc) is 4.21. The molecule has 2 aliphatic carbocycles. The summed E-state index contributed by atoms with van der Waals surface area (Å²) in [6.07, 6.45) is 13.6. The van der Waals surface area contributed by atoms with Gasteiger partial charge in [-0.15, -0.1) is 0 Å². The summed E-state index contributed by atoms with van der Waals surface area (Å²) < 4.78 is 9.73. The molecule has 14 nitrogen and oxygen atoms in total. The third-order valence-corrected chi connectivity index (χ3v) is 15.4. The normalized spacial score (nSPS) is 25.7. The van der Waals surface area contributed by atoms with Gasteiger partial charge in [0.25, 0.3) is 0 Å². The Morgan fingerprint density at radius 1 is 0.824 bits per heavy atom. The highest BCUT2D eigenvalue weighted by Crippen LogP contribution is 2.46. The Balaban J connectivity index is 1.03. The number of methoxy groups -OCH3 is 2. The number of carbonyl (C=O) groups is 4. The standard InChI is InChI=1S/C54H70N8O6/c1-10-31(5)48(60-54(66)68-9)51(63)61-29-34(11-2)26-46(61)49-55-28-44(58-49)37-17-15-36(16-18-37)41-21-19-39(25-35-13-14-38(24-35)33(41)7)40-20-22-42-43(27-40)57-50(56-42)45-23-12-32(6)62(45)52(64)47(30(3)4)59-53(65)67-8/h15-22,27-28,30-32,34-35,38,45-48H,7,10-14,23-26,29H2,1-6,8-9H3,(H,55,58)(H,56,57)(H,59,65)(H,60,66)/b39-19+,41-21+/t31-,32-,34-,35?,38?,45-,46-,47-,48-/m0/s1. The Morgan fingerprint density at radius 3 is 2.22 bits per heavy atom. The number of imidazole rings is 2. The van der Waals surface area contributed by atoms with E-state index in [9.17, 15) is 19.2 Å². The molecular formula is C54H70N8O6. The van der Waals surface area contributed by atoms with Gasteiger partial charge in [0.2, 0.25) is 11.8 Å². The lowest BCUT2D eigenvalue weighted by molar-refractivity contribution is -0.137. The number of benzene rings is 2. The van der Waals surface area contributed by atoms with Crippen LogP contribution in [-0.2, 0) is 19.1 Å². The van der Waals surface area contributed by atoms with Crippen LogP contribution in [0.1, 0.15) is 134 Å². The van der Waals surface area contributed by atoms with Gasteiger partial charge in [-0.3, -0.25) is 9.59 Å². The second kappa shape index (κ2) is 20.6. The van der Waals surface area contributed by atoms with Gasteiger partial charge >= 0.3 is 12.2 Å². The Hall–Kier alpha value is -6.18. The zero-order valence-electron chi connectivity index (χ0n) is 41.1. The van der Waals surface area contributed by atoms with Crippen LogP contribution < -0.4 is 10.6 Å². The topological polar surface area (TPSA) is 175 Å². The third kappa shape index (κ3) is 9.87. The minimum absolute atomic E-state index is 0.00505. The lowest BCUT2D eigenvalue weighted by Crippen LogP contribution is -2.52. The number of ether oxygens (including phenoxy) is 2. The third-order valence-electron chi connectivity index (χ3n) is 15.4. The minimum atomic E-state index is -0.709. The number of amides is 4. The van der Waals surface area contributed by atoms with Crippen molar-refractivity contribution in [1.29, 1.82) is 0 Å². The number of fused-ring (bicyclic) bond motifs is 3. The van der Waals surface area contributed by atoms with E-state index < -0.39 is 24.3 Å². The van der Waals surface area contributed by atoms with Crippen LogP contribution in [0.2, 0.25) is 0 Å². The minimum Gasteiger partial charge on any atom is -0.453 e. The highest BCUT2D eigenvalue weighted by molar-refractivity contribution is 5.88. The number of H-pyrrole nitrogens is 2. The monoisotopic (exact) mass is 927 g/mol. The van der Waals surface area contributed by atoms with Crippen LogP contribution in [0.25, 0.3) is 33.4 Å². The number of rotatable bonds is 13. The van der Waals surface area contributed by atoms with E-state index in [4.69, 9.17) is 26.0 Å². The van der Waals surface area contributed by atoms with Gasteiger partial charge in [0, 0.05) is 12.6 Å². The number of nitrogens with zero attached hydrogens (tertiary/aromatic N) is 4. The maximum absolute atomic E-state index is 14.1. The van der Waals surface area contributed by atoms with Crippen molar-refractivity contribution in [3.63, 3.8) is 0 Å². The molecule has 2 bridgehead atoms. The molecule has 0 spiro atoms. The lowest BCUT2D eigenvalue weighted by atomic mass is 9.87. The van der Waals surface area contributed by atoms with Gasteiger partial charge in [-0.1, -0.05) is 96.5 Å². The molecule has 4 aromatic rings. The largest absolute Gasteiger partial charge is 0.453 e. The molecule has 0 radical (unpaired) electrons. The molecule has 14 heteroatoms. The van der Waals surface area contributed by atoms with E-state index in [2.05, 4.69) is 89.1 Å². The Bertz CT molecular complexity index is 2570. The highest BCUT2D eigenvalue weighted by atomic mass is 16.5. The van der Waals surface area contributed by atoms with E-state index in [1.165, 1.54) is 25.4 Å². The van der Waals surface area contributed by atoms with Crippen molar-refractivity contribution in [2.45, 2.75) is 130 Å².